The maximum absolute atomic E-state index is 13.5. The van der Waals surface area contributed by atoms with Crippen molar-refractivity contribution in [2.75, 3.05) is 55.8 Å². The largest absolute Gasteiger partial charge is 0.433 e. The van der Waals surface area contributed by atoms with Gasteiger partial charge in [-0.3, -0.25) is 9.69 Å². The van der Waals surface area contributed by atoms with Gasteiger partial charge in [0.25, 0.3) is 0 Å². The number of hydrogen-bond acceptors (Lipinski definition) is 6. The van der Waals surface area contributed by atoms with Gasteiger partial charge in [-0.25, -0.2) is 4.98 Å². The molecule has 1 amide bonds. The van der Waals surface area contributed by atoms with Crippen LogP contribution in [-0.2, 0) is 11.0 Å². The van der Waals surface area contributed by atoms with Gasteiger partial charge in [0.1, 0.15) is 5.69 Å². The molecular weight excluding hydrogens is 451 g/mol. The van der Waals surface area contributed by atoms with Crippen molar-refractivity contribution in [3.63, 3.8) is 0 Å². The molecule has 33 heavy (non-hydrogen) atoms. The molecule has 5 rings (SSSR count). The number of nitrogens with zero attached hydrogens (tertiary/aromatic N) is 4. The summed E-state index contributed by atoms with van der Waals surface area (Å²) in [5.41, 5.74) is 0.900. The van der Waals surface area contributed by atoms with Crippen molar-refractivity contribution < 1.29 is 18.0 Å². The number of carbonyl (C=O) groups is 1. The fraction of sp³-hybridized carbons (Fsp3) is 0.565. The highest BCUT2D eigenvalue weighted by Gasteiger charge is 2.38. The lowest BCUT2D eigenvalue weighted by Gasteiger charge is -2.39. The molecule has 1 aromatic carbocycles. The first-order valence-corrected chi connectivity index (χ1v) is 12.5. The summed E-state index contributed by atoms with van der Waals surface area (Å²) < 4.78 is 40.6. The van der Waals surface area contributed by atoms with Gasteiger partial charge in [0.2, 0.25) is 5.91 Å². The molecule has 4 heterocycles. The highest BCUT2D eigenvalue weighted by Crippen LogP contribution is 2.36. The molecule has 0 bridgehead atoms. The summed E-state index contributed by atoms with van der Waals surface area (Å²) in [5, 5.41) is 4.15. The van der Waals surface area contributed by atoms with E-state index in [4.69, 9.17) is 0 Å². The number of piperazine rings is 1. The summed E-state index contributed by atoms with van der Waals surface area (Å²) in [6.07, 6.45) is -3.70. The van der Waals surface area contributed by atoms with E-state index in [1.807, 2.05) is 21.9 Å². The number of amides is 1. The average molecular weight is 480 g/mol. The number of carbonyl (C=O) groups excluding carboxylic acids is 1. The highest BCUT2D eigenvalue weighted by atomic mass is 32.2. The molecule has 3 aliphatic rings. The van der Waals surface area contributed by atoms with Crippen molar-refractivity contribution in [2.45, 2.75) is 31.6 Å². The first-order chi connectivity index (χ1) is 15.8. The summed E-state index contributed by atoms with van der Waals surface area (Å²) >= 11 is 1.79. The Morgan fingerprint density at radius 3 is 2.67 bits per heavy atom. The molecule has 2 atom stereocenters. The van der Waals surface area contributed by atoms with Gasteiger partial charge in [-0.05, 0) is 25.0 Å². The smallest absolute Gasteiger partial charge is 0.368 e. The molecule has 0 unspecified atom stereocenters. The third kappa shape index (κ3) is 4.52. The summed E-state index contributed by atoms with van der Waals surface area (Å²) in [5.74, 6) is 1.97. The summed E-state index contributed by atoms with van der Waals surface area (Å²) in [6, 6.07) is 6.85. The van der Waals surface area contributed by atoms with E-state index in [9.17, 15) is 18.0 Å². The molecule has 0 radical (unpaired) electrons. The van der Waals surface area contributed by atoms with Crippen LogP contribution in [0.15, 0.2) is 24.3 Å². The van der Waals surface area contributed by atoms with Gasteiger partial charge in [-0.1, -0.05) is 18.2 Å². The second kappa shape index (κ2) is 8.96. The Morgan fingerprint density at radius 1 is 1.18 bits per heavy atom. The number of para-hydroxylation sites is 1. The van der Waals surface area contributed by atoms with Crippen LogP contribution in [0.3, 0.4) is 0 Å². The minimum Gasteiger partial charge on any atom is -0.368 e. The monoisotopic (exact) mass is 479 g/mol. The van der Waals surface area contributed by atoms with Crippen LogP contribution < -0.4 is 10.2 Å². The summed E-state index contributed by atoms with van der Waals surface area (Å²) in [7, 11) is 0. The van der Waals surface area contributed by atoms with Crippen LogP contribution >= 0.6 is 11.8 Å². The number of halogens is 3. The van der Waals surface area contributed by atoms with E-state index in [0.717, 1.165) is 55.2 Å². The Bertz CT molecular complexity index is 1030. The standard InChI is InChI=1S/C23H28F3N5OS/c1-15-3-2-4-17-19(12-20(23(24,25)26)28-21(15)17)30-7-5-29(6-8-30)16-11-18(27-13-16)22(32)31-9-10-33-14-31/h2-4,12,16,18,27H,5-11,13-14H2,1H3/t16-,18-/m0/s1. The van der Waals surface area contributed by atoms with Crippen molar-refractivity contribution in [2.24, 2.45) is 0 Å². The predicted molar refractivity (Wildman–Crippen MR) is 125 cm³/mol. The third-order valence-electron chi connectivity index (χ3n) is 6.95. The fourth-order valence-corrected chi connectivity index (χ4v) is 6.06. The third-order valence-corrected chi connectivity index (χ3v) is 7.92. The number of pyridine rings is 1. The van der Waals surface area contributed by atoms with E-state index in [1.165, 1.54) is 6.07 Å². The molecule has 178 valence electrons. The minimum atomic E-state index is -4.49. The zero-order valence-corrected chi connectivity index (χ0v) is 19.4. The zero-order valence-electron chi connectivity index (χ0n) is 18.6. The number of aromatic nitrogens is 1. The summed E-state index contributed by atoms with van der Waals surface area (Å²) in [4.78, 5) is 23.0. The van der Waals surface area contributed by atoms with Gasteiger partial charge in [0.05, 0.1) is 17.4 Å². The number of benzene rings is 1. The molecule has 0 spiro atoms. The Labute approximate surface area is 195 Å². The quantitative estimate of drug-likeness (QED) is 0.731. The first-order valence-electron chi connectivity index (χ1n) is 11.4. The SMILES string of the molecule is Cc1cccc2c(N3CCN([C@@H]4CN[C@H](C(=O)N5CCSC5)C4)CC3)cc(C(F)(F)F)nc12. The number of nitrogens with one attached hydrogen (secondary N) is 1. The van der Waals surface area contributed by atoms with Crippen molar-refractivity contribution in [1.29, 1.82) is 0 Å². The van der Waals surface area contributed by atoms with E-state index >= 15 is 0 Å². The lowest BCUT2D eigenvalue weighted by Crippen LogP contribution is -2.51. The number of hydrogen-bond donors (Lipinski definition) is 1. The maximum atomic E-state index is 13.5. The van der Waals surface area contributed by atoms with Crippen molar-refractivity contribution >= 4 is 34.3 Å². The van der Waals surface area contributed by atoms with Gasteiger partial charge < -0.3 is 15.1 Å². The van der Waals surface area contributed by atoms with E-state index in [0.29, 0.717) is 24.3 Å². The molecule has 1 N–H and O–H groups in total. The first kappa shape index (κ1) is 22.7. The number of alkyl halides is 3. The average Bonchev–Trinajstić information content (AvgIpc) is 3.51. The fourth-order valence-electron chi connectivity index (χ4n) is 5.10. The van der Waals surface area contributed by atoms with Crippen molar-refractivity contribution in [1.82, 2.24) is 20.1 Å². The number of rotatable bonds is 3. The van der Waals surface area contributed by atoms with Crippen LogP contribution in [0.2, 0.25) is 0 Å². The lowest BCUT2D eigenvalue weighted by atomic mass is 10.1. The van der Waals surface area contributed by atoms with Gasteiger partial charge in [0.15, 0.2) is 0 Å². The van der Waals surface area contributed by atoms with Gasteiger partial charge in [-0.15, -0.1) is 11.8 Å². The second-order valence-corrected chi connectivity index (χ2v) is 10.1. The Morgan fingerprint density at radius 2 is 1.97 bits per heavy atom. The Hall–Kier alpha value is -2.04. The Kier molecular flexibility index (Phi) is 6.17. The van der Waals surface area contributed by atoms with E-state index in [2.05, 4.69) is 15.2 Å². The molecule has 3 aliphatic heterocycles. The zero-order chi connectivity index (χ0) is 23.2. The molecule has 0 saturated carbocycles. The molecular formula is C23H28F3N5OS. The van der Waals surface area contributed by atoms with Crippen LogP contribution in [-0.4, -0.2) is 83.7 Å². The topological polar surface area (TPSA) is 51.7 Å². The van der Waals surface area contributed by atoms with Crippen LogP contribution in [0.5, 0.6) is 0 Å². The predicted octanol–water partition coefficient (Wildman–Crippen LogP) is 2.95. The van der Waals surface area contributed by atoms with Crippen LogP contribution in [0.25, 0.3) is 10.9 Å². The summed E-state index contributed by atoms with van der Waals surface area (Å²) in [6.45, 7) is 6.18. The molecule has 0 aliphatic carbocycles. The number of anilines is 1. The van der Waals surface area contributed by atoms with E-state index in [1.54, 1.807) is 24.8 Å². The molecule has 6 nitrogen and oxygen atoms in total. The molecule has 10 heteroatoms. The van der Waals surface area contributed by atoms with Crippen LogP contribution in [0, 0.1) is 6.92 Å². The number of aryl methyl sites for hydroxylation is 1. The van der Waals surface area contributed by atoms with E-state index < -0.39 is 11.9 Å². The molecule has 3 fully saturated rings. The molecule has 1 aromatic heterocycles. The van der Waals surface area contributed by atoms with Crippen molar-refractivity contribution in [3.8, 4) is 0 Å². The molecule has 2 aromatic rings. The van der Waals surface area contributed by atoms with Crippen molar-refractivity contribution in [3.05, 3.63) is 35.5 Å². The normalized spacial score (nSPS) is 24.7. The number of thioether (sulfide) groups is 1. The van der Waals surface area contributed by atoms with Gasteiger partial charge >= 0.3 is 6.18 Å². The van der Waals surface area contributed by atoms with Gasteiger partial charge in [0, 0.05) is 62.1 Å². The second-order valence-electron chi connectivity index (χ2n) is 9.01. The highest BCUT2D eigenvalue weighted by molar-refractivity contribution is 7.99. The Balaban J connectivity index is 1.29. The number of fused-ring (bicyclic) bond motifs is 1. The van der Waals surface area contributed by atoms with Crippen LogP contribution in [0.1, 0.15) is 17.7 Å². The molecule has 3 saturated heterocycles. The maximum Gasteiger partial charge on any atom is 0.433 e. The van der Waals surface area contributed by atoms with Crippen LogP contribution in [0.4, 0.5) is 18.9 Å². The van der Waals surface area contributed by atoms with Gasteiger partial charge in [-0.2, -0.15) is 13.2 Å². The minimum absolute atomic E-state index is 0.131. The lowest BCUT2D eigenvalue weighted by molar-refractivity contribution is -0.141. The van der Waals surface area contributed by atoms with E-state index in [-0.39, 0.29) is 18.0 Å².